The van der Waals surface area contributed by atoms with E-state index in [4.69, 9.17) is 0 Å². The van der Waals surface area contributed by atoms with Gasteiger partial charge in [0.1, 0.15) is 0 Å². The first-order chi connectivity index (χ1) is 7.27. The van der Waals surface area contributed by atoms with Crippen LogP contribution in [-0.4, -0.2) is 12.1 Å². The number of hydrogen-bond acceptors (Lipinski definition) is 2. The molecule has 0 saturated heterocycles. The van der Waals surface area contributed by atoms with Gasteiger partial charge in [-0.1, -0.05) is 0 Å². The van der Waals surface area contributed by atoms with Crippen LogP contribution in [0.15, 0.2) is 10.9 Å². The molecule has 16 heavy (non-hydrogen) atoms. The minimum atomic E-state index is -4.98. The Bertz CT molecular complexity index is 437. The molecule has 0 saturated carbocycles. The molecule has 0 unspecified atom stereocenters. The summed E-state index contributed by atoms with van der Waals surface area (Å²) in [7, 11) is 0.965. The third-order valence-corrected chi connectivity index (χ3v) is 1.78. The van der Waals surface area contributed by atoms with Gasteiger partial charge >= 0.3 is 6.18 Å². The van der Waals surface area contributed by atoms with Crippen molar-refractivity contribution in [1.82, 2.24) is 4.98 Å². The van der Waals surface area contributed by atoms with Gasteiger partial charge < -0.3 is 9.72 Å². The number of halogens is 5. The normalized spacial score (nSPS) is 11.9. The molecule has 0 aliphatic heterocycles. The van der Waals surface area contributed by atoms with Gasteiger partial charge in [0.15, 0.2) is 5.75 Å². The fraction of sp³-hybridized carbons (Fsp3) is 0.375. The summed E-state index contributed by atoms with van der Waals surface area (Å²) >= 11 is 0. The van der Waals surface area contributed by atoms with Crippen LogP contribution in [0.25, 0.3) is 0 Å². The molecular weight excluding hydrogens is 237 g/mol. The van der Waals surface area contributed by atoms with Gasteiger partial charge in [-0.15, -0.1) is 0 Å². The molecule has 0 fully saturated rings. The van der Waals surface area contributed by atoms with Crippen LogP contribution in [0.2, 0.25) is 0 Å². The zero-order valence-electron chi connectivity index (χ0n) is 7.86. The maximum absolute atomic E-state index is 12.3. The Morgan fingerprint density at radius 1 is 1.38 bits per heavy atom. The summed E-state index contributed by atoms with van der Waals surface area (Å²) in [5, 5.41) is 0. The van der Waals surface area contributed by atoms with Gasteiger partial charge in [0, 0.05) is 6.07 Å². The number of aromatic amines is 1. The number of pyridine rings is 1. The molecule has 0 spiro atoms. The molecule has 0 bridgehead atoms. The third-order valence-electron chi connectivity index (χ3n) is 1.78. The van der Waals surface area contributed by atoms with E-state index < -0.39 is 35.2 Å². The Kier molecular flexibility index (Phi) is 3.20. The molecule has 1 aromatic heterocycles. The number of ether oxygens (including phenoxy) is 1. The van der Waals surface area contributed by atoms with Gasteiger partial charge in [-0.05, 0) is 0 Å². The second-order valence-corrected chi connectivity index (χ2v) is 2.79. The van der Waals surface area contributed by atoms with Crippen LogP contribution in [0.3, 0.4) is 0 Å². The van der Waals surface area contributed by atoms with E-state index in [1.54, 1.807) is 0 Å². The van der Waals surface area contributed by atoms with E-state index >= 15 is 0 Å². The van der Waals surface area contributed by atoms with Gasteiger partial charge in [0.05, 0.1) is 18.4 Å². The van der Waals surface area contributed by atoms with E-state index in [1.807, 2.05) is 0 Å². The summed E-state index contributed by atoms with van der Waals surface area (Å²) in [6.07, 6.45) is -8.40. The number of rotatable bonds is 2. The molecule has 0 aromatic carbocycles. The number of methoxy groups -OCH3 is 1. The first-order valence-electron chi connectivity index (χ1n) is 3.94. The highest BCUT2D eigenvalue weighted by molar-refractivity contribution is 5.32. The maximum Gasteiger partial charge on any atom is 0.418 e. The van der Waals surface area contributed by atoms with Crippen LogP contribution in [0.5, 0.6) is 5.75 Å². The number of H-pyrrole nitrogens is 1. The summed E-state index contributed by atoms with van der Waals surface area (Å²) in [6.45, 7) is 0. The van der Waals surface area contributed by atoms with Crippen LogP contribution in [-0.2, 0) is 6.18 Å². The largest absolute Gasteiger partial charge is 0.491 e. The zero-order chi connectivity index (χ0) is 12.5. The molecule has 3 nitrogen and oxygen atoms in total. The van der Waals surface area contributed by atoms with E-state index in [0.29, 0.717) is 0 Å². The van der Waals surface area contributed by atoms with E-state index in [-0.39, 0.29) is 6.07 Å². The van der Waals surface area contributed by atoms with Crippen molar-refractivity contribution in [3.63, 3.8) is 0 Å². The molecule has 1 heterocycles. The summed E-state index contributed by atoms with van der Waals surface area (Å²) in [5.41, 5.74) is -4.21. The quantitative estimate of drug-likeness (QED) is 0.810. The lowest BCUT2D eigenvalue weighted by Gasteiger charge is -2.12. The molecule has 0 amide bonds. The summed E-state index contributed by atoms with van der Waals surface area (Å²) in [4.78, 5) is 12.4. The lowest BCUT2D eigenvalue weighted by molar-refractivity contribution is -0.140. The lowest BCUT2D eigenvalue weighted by atomic mass is 10.2. The van der Waals surface area contributed by atoms with Crippen LogP contribution in [0, 0.1) is 0 Å². The van der Waals surface area contributed by atoms with Crippen molar-refractivity contribution in [2.75, 3.05) is 7.11 Å². The fourth-order valence-corrected chi connectivity index (χ4v) is 1.08. The maximum atomic E-state index is 12.3. The van der Waals surface area contributed by atoms with Crippen LogP contribution < -0.4 is 10.3 Å². The first-order valence-corrected chi connectivity index (χ1v) is 3.94. The van der Waals surface area contributed by atoms with Crippen molar-refractivity contribution in [3.05, 3.63) is 27.7 Å². The van der Waals surface area contributed by atoms with Gasteiger partial charge in [0.25, 0.3) is 12.0 Å². The van der Waals surface area contributed by atoms with Crippen molar-refractivity contribution in [2.24, 2.45) is 0 Å². The molecule has 1 rings (SSSR count). The predicted molar refractivity (Wildman–Crippen MR) is 43.6 cm³/mol. The number of aromatic nitrogens is 1. The van der Waals surface area contributed by atoms with Crippen molar-refractivity contribution in [3.8, 4) is 5.75 Å². The first kappa shape index (κ1) is 12.5. The SMILES string of the molecule is COc1cc(C(F)(F)F)c(C(F)F)[nH]c1=O. The number of alkyl halides is 5. The molecule has 8 heteroatoms. The molecule has 90 valence electrons. The van der Waals surface area contributed by atoms with E-state index in [2.05, 4.69) is 4.74 Å². The topological polar surface area (TPSA) is 42.1 Å². The summed E-state index contributed by atoms with van der Waals surface area (Å²) < 4.78 is 65.9. The minimum Gasteiger partial charge on any atom is -0.491 e. The number of hydrogen-bond donors (Lipinski definition) is 1. The smallest absolute Gasteiger partial charge is 0.418 e. The Morgan fingerprint density at radius 2 is 1.94 bits per heavy atom. The van der Waals surface area contributed by atoms with Gasteiger partial charge in [-0.2, -0.15) is 13.2 Å². The molecule has 1 N–H and O–H groups in total. The lowest BCUT2D eigenvalue weighted by Crippen LogP contribution is -2.19. The Hall–Kier alpha value is -1.60. The van der Waals surface area contributed by atoms with Crippen molar-refractivity contribution in [2.45, 2.75) is 12.6 Å². The van der Waals surface area contributed by atoms with E-state index in [1.165, 1.54) is 4.98 Å². The Morgan fingerprint density at radius 3 is 2.31 bits per heavy atom. The molecular formula is C8H6F5NO2. The predicted octanol–water partition coefficient (Wildman–Crippen LogP) is 2.34. The highest BCUT2D eigenvalue weighted by Gasteiger charge is 2.37. The van der Waals surface area contributed by atoms with Crippen LogP contribution in [0.1, 0.15) is 17.7 Å². The van der Waals surface area contributed by atoms with Gasteiger partial charge in [-0.25, -0.2) is 8.78 Å². The number of nitrogens with one attached hydrogen (secondary N) is 1. The second-order valence-electron chi connectivity index (χ2n) is 2.79. The molecule has 0 aliphatic rings. The van der Waals surface area contributed by atoms with Crippen LogP contribution >= 0.6 is 0 Å². The summed E-state index contributed by atoms with van der Waals surface area (Å²) in [6, 6.07) is 0.250. The van der Waals surface area contributed by atoms with Gasteiger partial charge in [-0.3, -0.25) is 4.79 Å². The highest BCUT2D eigenvalue weighted by Crippen LogP contribution is 2.35. The van der Waals surface area contributed by atoms with Crippen molar-refractivity contribution < 1.29 is 26.7 Å². The molecule has 0 radical (unpaired) electrons. The molecule has 0 aliphatic carbocycles. The Balaban J connectivity index is 3.50. The molecule has 1 aromatic rings. The minimum absolute atomic E-state index is 0.250. The van der Waals surface area contributed by atoms with E-state index in [0.717, 1.165) is 7.11 Å². The van der Waals surface area contributed by atoms with E-state index in [9.17, 15) is 26.7 Å². The third kappa shape index (κ3) is 2.31. The zero-order valence-corrected chi connectivity index (χ0v) is 7.86. The van der Waals surface area contributed by atoms with Crippen molar-refractivity contribution >= 4 is 0 Å². The monoisotopic (exact) mass is 243 g/mol. The second kappa shape index (κ2) is 4.11. The summed E-state index contributed by atoms with van der Waals surface area (Å²) in [5.74, 6) is -0.670. The Labute approximate surface area is 85.8 Å². The van der Waals surface area contributed by atoms with Crippen LogP contribution in [0.4, 0.5) is 22.0 Å². The fourth-order valence-electron chi connectivity index (χ4n) is 1.08. The average Bonchev–Trinajstić information content (AvgIpc) is 2.15. The highest BCUT2D eigenvalue weighted by atomic mass is 19.4. The average molecular weight is 243 g/mol. The van der Waals surface area contributed by atoms with Gasteiger partial charge in [0.2, 0.25) is 0 Å². The standard InChI is InChI=1S/C8H6F5NO2/c1-16-4-2-3(8(11,12)13)5(6(9)10)14-7(4)15/h2,6H,1H3,(H,14,15). The molecule has 0 atom stereocenters. The van der Waals surface area contributed by atoms with Crippen molar-refractivity contribution in [1.29, 1.82) is 0 Å².